The first kappa shape index (κ1) is 22.6. The van der Waals surface area contributed by atoms with E-state index in [9.17, 15) is 9.59 Å². The molecule has 32 heavy (non-hydrogen) atoms. The van der Waals surface area contributed by atoms with E-state index in [1.807, 2.05) is 20.8 Å². The van der Waals surface area contributed by atoms with E-state index in [4.69, 9.17) is 18.9 Å². The van der Waals surface area contributed by atoms with Gasteiger partial charge < -0.3 is 23.8 Å². The van der Waals surface area contributed by atoms with Crippen LogP contribution in [0.25, 0.3) is 0 Å². The molecule has 174 valence electrons. The number of carbonyl (C=O) groups excluding carboxylic acids is 2. The van der Waals surface area contributed by atoms with Crippen molar-refractivity contribution in [1.29, 1.82) is 0 Å². The van der Waals surface area contributed by atoms with Crippen LogP contribution in [0.5, 0.6) is 5.75 Å². The Morgan fingerprint density at radius 1 is 1.25 bits per heavy atom. The van der Waals surface area contributed by atoms with Crippen LogP contribution in [0.1, 0.15) is 56.8 Å². The predicted molar refractivity (Wildman–Crippen MR) is 119 cm³/mol. The highest BCUT2D eigenvalue weighted by atomic mass is 16.7. The molecule has 2 amide bonds. The lowest BCUT2D eigenvalue weighted by Crippen LogP contribution is -2.54. The van der Waals surface area contributed by atoms with Gasteiger partial charge in [0, 0.05) is 13.2 Å². The van der Waals surface area contributed by atoms with Gasteiger partial charge in [-0.1, -0.05) is 12.2 Å². The van der Waals surface area contributed by atoms with Crippen LogP contribution in [-0.2, 0) is 14.2 Å². The zero-order valence-electron chi connectivity index (χ0n) is 19.3. The number of carbonyl (C=O) groups is 2. The molecule has 3 aliphatic heterocycles. The SMILES string of the molecule is C=C1C[C@H]2[C@H](OC3CCCCO3)N(C(=O)OC(C)(C)C)c3ccc(OC)cc3C(=O)N2C1. The molecule has 1 unspecified atom stereocenters. The highest BCUT2D eigenvalue weighted by Crippen LogP contribution is 2.40. The number of methoxy groups -OCH3 is 1. The van der Waals surface area contributed by atoms with Crippen molar-refractivity contribution in [3.8, 4) is 5.75 Å². The number of rotatable bonds is 3. The van der Waals surface area contributed by atoms with E-state index in [2.05, 4.69) is 6.58 Å². The van der Waals surface area contributed by atoms with E-state index in [0.29, 0.717) is 36.6 Å². The highest BCUT2D eigenvalue weighted by molar-refractivity contribution is 6.05. The maximum atomic E-state index is 13.6. The van der Waals surface area contributed by atoms with E-state index in [0.717, 1.165) is 24.8 Å². The third-order valence-corrected chi connectivity index (χ3v) is 5.85. The summed E-state index contributed by atoms with van der Waals surface area (Å²) in [6.45, 7) is 10.6. The highest BCUT2D eigenvalue weighted by Gasteiger charge is 2.48. The molecule has 0 aromatic heterocycles. The third kappa shape index (κ3) is 4.47. The number of fused-ring (bicyclic) bond motifs is 2. The van der Waals surface area contributed by atoms with Gasteiger partial charge in [-0.15, -0.1) is 0 Å². The van der Waals surface area contributed by atoms with Gasteiger partial charge in [-0.2, -0.15) is 0 Å². The van der Waals surface area contributed by atoms with Crippen molar-refractivity contribution in [2.75, 3.05) is 25.2 Å². The summed E-state index contributed by atoms with van der Waals surface area (Å²) in [6, 6.07) is 4.71. The lowest BCUT2D eigenvalue weighted by molar-refractivity contribution is -0.195. The van der Waals surface area contributed by atoms with Gasteiger partial charge in [-0.05, 0) is 64.7 Å². The number of anilines is 1. The van der Waals surface area contributed by atoms with Gasteiger partial charge in [-0.3, -0.25) is 4.79 Å². The van der Waals surface area contributed by atoms with Crippen LogP contribution in [0.4, 0.5) is 10.5 Å². The summed E-state index contributed by atoms with van der Waals surface area (Å²) >= 11 is 0. The number of benzene rings is 1. The Morgan fingerprint density at radius 2 is 2.03 bits per heavy atom. The quantitative estimate of drug-likeness (QED) is 0.654. The van der Waals surface area contributed by atoms with E-state index in [1.165, 1.54) is 4.90 Å². The summed E-state index contributed by atoms with van der Waals surface area (Å²) < 4.78 is 23.4. The first-order chi connectivity index (χ1) is 15.2. The topological polar surface area (TPSA) is 77.5 Å². The van der Waals surface area contributed by atoms with Crippen molar-refractivity contribution in [3.63, 3.8) is 0 Å². The number of nitrogens with zero attached hydrogens (tertiary/aromatic N) is 2. The van der Waals surface area contributed by atoms with E-state index >= 15 is 0 Å². The molecule has 0 aliphatic carbocycles. The molecule has 0 spiro atoms. The first-order valence-electron chi connectivity index (χ1n) is 11.1. The van der Waals surface area contributed by atoms with Crippen LogP contribution in [-0.4, -0.2) is 61.3 Å². The first-order valence-corrected chi connectivity index (χ1v) is 11.1. The smallest absolute Gasteiger partial charge is 0.417 e. The van der Waals surface area contributed by atoms with Crippen LogP contribution in [0.2, 0.25) is 0 Å². The molecule has 3 aliphatic rings. The van der Waals surface area contributed by atoms with Gasteiger partial charge in [0.1, 0.15) is 11.4 Å². The van der Waals surface area contributed by atoms with Gasteiger partial charge >= 0.3 is 6.09 Å². The van der Waals surface area contributed by atoms with Crippen molar-refractivity contribution >= 4 is 17.7 Å². The summed E-state index contributed by atoms with van der Waals surface area (Å²) in [4.78, 5) is 30.3. The minimum absolute atomic E-state index is 0.188. The van der Waals surface area contributed by atoms with E-state index in [-0.39, 0.29) is 5.91 Å². The zero-order valence-corrected chi connectivity index (χ0v) is 19.3. The fourth-order valence-corrected chi connectivity index (χ4v) is 4.43. The Labute approximate surface area is 189 Å². The Kier molecular flexibility index (Phi) is 6.18. The molecule has 2 saturated heterocycles. The maximum absolute atomic E-state index is 13.6. The number of amides is 2. The second-order valence-electron chi connectivity index (χ2n) is 9.51. The largest absolute Gasteiger partial charge is 0.497 e. The molecule has 2 fully saturated rings. The second-order valence-corrected chi connectivity index (χ2v) is 9.51. The summed E-state index contributed by atoms with van der Waals surface area (Å²) in [5, 5.41) is 0. The number of ether oxygens (including phenoxy) is 4. The van der Waals surface area contributed by atoms with Crippen molar-refractivity contribution in [2.24, 2.45) is 0 Å². The Balaban J connectivity index is 1.82. The zero-order chi connectivity index (χ0) is 23.0. The van der Waals surface area contributed by atoms with Crippen LogP contribution < -0.4 is 9.64 Å². The van der Waals surface area contributed by atoms with Crippen LogP contribution in [0.3, 0.4) is 0 Å². The van der Waals surface area contributed by atoms with E-state index in [1.54, 1.807) is 30.2 Å². The minimum Gasteiger partial charge on any atom is -0.497 e. The Morgan fingerprint density at radius 3 is 2.69 bits per heavy atom. The van der Waals surface area contributed by atoms with Crippen LogP contribution in [0.15, 0.2) is 30.4 Å². The predicted octanol–water partition coefficient (Wildman–Crippen LogP) is 4.09. The number of hydrogen-bond acceptors (Lipinski definition) is 6. The van der Waals surface area contributed by atoms with Crippen molar-refractivity contribution in [3.05, 3.63) is 35.9 Å². The van der Waals surface area contributed by atoms with Crippen molar-refractivity contribution < 1.29 is 28.5 Å². The van der Waals surface area contributed by atoms with Gasteiger partial charge in [-0.25, -0.2) is 9.69 Å². The fourth-order valence-electron chi connectivity index (χ4n) is 4.43. The Bertz CT molecular complexity index is 902. The molecule has 1 aromatic carbocycles. The van der Waals surface area contributed by atoms with Gasteiger partial charge in [0.15, 0.2) is 12.5 Å². The molecule has 1 aromatic rings. The number of hydrogen-bond donors (Lipinski definition) is 0. The van der Waals surface area contributed by atoms with Gasteiger partial charge in [0.05, 0.1) is 24.4 Å². The molecule has 0 radical (unpaired) electrons. The molecule has 0 saturated carbocycles. The minimum atomic E-state index is -0.772. The van der Waals surface area contributed by atoms with Crippen LogP contribution in [0, 0.1) is 0 Å². The van der Waals surface area contributed by atoms with Crippen LogP contribution >= 0.6 is 0 Å². The molecule has 0 bridgehead atoms. The maximum Gasteiger partial charge on any atom is 0.417 e. The fraction of sp³-hybridized carbons (Fsp3) is 0.583. The van der Waals surface area contributed by atoms with Crippen molar-refractivity contribution in [2.45, 2.75) is 70.6 Å². The van der Waals surface area contributed by atoms with Gasteiger partial charge in [0.2, 0.25) is 0 Å². The van der Waals surface area contributed by atoms with Crippen molar-refractivity contribution in [1.82, 2.24) is 4.90 Å². The summed E-state index contributed by atoms with van der Waals surface area (Å²) in [5.41, 5.74) is 0.999. The monoisotopic (exact) mass is 444 g/mol. The van der Waals surface area contributed by atoms with E-state index < -0.39 is 30.3 Å². The normalized spacial score (nSPS) is 25.8. The lowest BCUT2D eigenvalue weighted by Gasteiger charge is -2.39. The lowest BCUT2D eigenvalue weighted by atomic mass is 10.1. The molecule has 8 nitrogen and oxygen atoms in total. The van der Waals surface area contributed by atoms with Gasteiger partial charge in [0.25, 0.3) is 5.91 Å². The average Bonchev–Trinajstić information content (AvgIpc) is 3.10. The molecular formula is C24H32N2O6. The molecule has 3 atom stereocenters. The average molecular weight is 445 g/mol. The molecule has 8 heteroatoms. The molecule has 4 rings (SSSR count). The summed E-state index contributed by atoms with van der Waals surface area (Å²) in [5.74, 6) is 0.345. The molecule has 3 heterocycles. The second kappa shape index (κ2) is 8.75. The molecule has 0 N–H and O–H groups in total. The molecular weight excluding hydrogens is 412 g/mol. The third-order valence-electron chi connectivity index (χ3n) is 5.85. The standard InChI is InChI=1S/C24H32N2O6/c1-15-12-19-22(31-20-8-6-7-11-30-20)26(23(28)32-24(2,3)4)18-10-9-16(29-5)13-17(18)21(27)25(19)14-15/h9-10,13,19-20,22H,1,6-8,11-12,14H2,2-5H3/t19-,20?,22-/m0/s1. The Hall–Kier alpha value is -2.58. The summed E-state index contributed by atoms with van der Waals surface area (Å²) in [6.07, 6.45) is 1.43. The summed E-state index contributed by atoms with van der Waals surface area (Å²) in [7, 11) is 1.54.